The number of aliphatic hydroxyl groups excluding tert-OH is 1. The number of β-amino-alcohol motifs (C(OH)–C–C–N with tert-alkyl or cyclic N) is 1. The van der Waals surface area contributed by atoms with Gasteiger partial charge in [0.25, 0.3) is 0 Å². The second-order valence-corrected chi connectivity index (χ2v) is 5.53. The minimum Gasteiger partial charge on any atom is -0.480 e. The second kappa shape index (κ2) is 5.99. The van der Waals surface area contributed by atoms with Crippen LogP contribution in [0.1, 0.15) is 12.0 Å². The van der Waals surface area contributed by atoms with Crippen LogP contribution in [0.25, 0.3) is 0 Å². The number of carboxylic acid groups (broad SMARTS) is 1. The molecule has 1 aliphatic rings. The van der Waals surface area contributed by atoms with Crippen molar-refractivity contribution in [1.29, 1.82) is 0 Å². The van der Waals surface area contributed by atoms with Crippen LogP contribution in [0, 0.1) is 0 Å². The number of amides is 1. The summed E-state index contributed by atoms with van der Waals surface area (Å²) in [4.78, 5) is 24.4. The molecule has 5 nitrogen and oxygen atoms in total. The fourth-order valence-corrected chi connectivity index (χ4v) is 2.57. The third-order valence-corrected chi connectivity index (χ3v) is 3.96. The number of carbonyl (C=O) groups is 2. The molecule has 1 aromatic rings. The number of rotatable bonds is 3. The Morgan fingerprint density at radius 1 is 1.30 bits per heavy atom. The molecule has 1 aliphatic heterocycles. The van der Waals surface area contributed by atoms with Crippen molar-refractivity contribution in [2.45, 2.75) is 25.0 Å². The first-order valence-corrected chi connectivity index (χ1v) is 6.78. The van der Waals surface area contributed by atoms with Crippen molar-refractivity contribution in [2.75, 3.05) is 6.54 Å². The molecule has 0 spiro atoms. The summed E-state index contributed by atoms with van der Waals surface area (Å²) in [6, 6.07) is 3.85. The van der Waals surface area contributed by atoms with Gasteiger partial charge >= 0.3 is 5.97 Å². The monoisotopic (exact) mass is 317 g/mol. The summed E-state index contributed by atoms with van der Waals surface area (Å²) in [5, 5.41) is 19.3. The van der Waals surface area contributed by atoms with Crippen molar-refractivity contribution in [1.82, 2.24) is 4.90 Å². The predicted molar refractivity (Wildman–Crippen MR) is 73.9 cm³/mol. The van der Waals surface area contributed by atoms with Crippen molar-refractivity contribution >= 4 is 35.1 Å². The van der Waals surface area contributed by atoms with Gasteiger partial charge in [0, 0.05) is 13.0 Å². The SMILES string of the molecule is O=C(O)[C@@H]1C[C@@H](O)CN1C(=O)Cc1ccc(Cl)c(Cl)c1. The van der Waals surface area contributed by atoms with Crippen LogP contribution < -0.4 is 0 Å². The van der Waals surface area contributed by atoms with Crippen LogP contribution in [0.3, 0.4) is 0 Å². The lowest BCUT2D eigenvalue weighted by Crippen LogP contribution is -2.41. The molecule has 108 valence electrons. The van der Waals surface area contributed by atoms with Gasteiger partial charge in [-0.2, -0.15) is 0 Å². The number of carboxylic acids is 1. The molecule has 2 rings (SSSR count). The number of aliphatic carboxylic acids is 1. The normalized spacial score (nSPS) is 22.1. The molecule has 1 saturated heterocycles. The van der Waals surface area contributed by atoms with Gasteiger partial charge < -0.3 is 15.1 Å². The molecule has 0 aromatic heterocycles. The van der Waals surface area contributed by atoms with E-state index in [1.807, 2.05) is 0 Å². The van der Waals surface area contributed by atoms with Gasteiger partial charge in [0.15, 0.2) is 0 Å². The molecule has 7 heteroatoms. The Kier molecular flexibility index (Phi) is 4.52. The largest absolute Gasteiger partial charge is 0.480 e. The number of hydrogen-bond acceptors (Lipinski definition) is 3. The lowest BCUT2D eigenvalue weighted by molar-refractivity contribution is -0.148. The fourth-order valence-electron chi connectivity index (χ4n) is 2.25. The molecule has 0 radical (unpaired) electrons. The van der Waals surface area contributed by atoms with Crippen molar-refractivity contribution in [3.63, 3.8) is 0 Å². The summed E-state index contributed by atoms with van der Waals surface area (Å²) in [5.41, 5.74) is 0.648. The Hall–Kier alpha value is -1.30. The van der Waals surface area contributed by atoms with Crippen molar-refractivity contribution in [3.8, 4) is 0 Å². The van der Waals surface area contributed by atoms with Crippen LogP contribution in [0.15, 0.2) is 18.2 Å². The lowest BCUT2D eigenvalue weighted by Gasteiger charge is -2.21. The Morgan fingerprint density at radius 3 is 2.60 bits per heavy atom. The van der Waals surface area contributed by atoms with Crippen molar-refractivity contribution < 1.29 is 19.8 Å². The van der Waals surface area contributed by atoms with E-state index < -0.39 is 18.1 Å². The van der Waals surface area contributed by atoms with Gasteiger partial charge in [-0.1, -0.05) is 29.3 Å². The highest BCUT2D eigenvalue weighted by Crippen LogP contribution is 2.24. The minimum absolute atomic E-state index is 0.0212. The van der Waals surface area contributed by atoms with E-state index in [2.05, 4.69) is 0 Å². The average molecular weight is 318 g/mol. The molecule has 0 unspecified atom stereocenters. The average Bonchev–Trinajstić information content (AvgIpc) is 2.76. The predicted octanol–water partition coefficient (Wildman–Crippen LogP) is 1.58. The van der Waals surface area contributed by atoms with Gasteiger partial charge in [-0.25, -0.2) is 4.79 Å². The van der Waals surface area contributed by atoms with Crippen LogP contribution in [-0.4, -0.2) is 45.7 Å². The van der Waals surface area contributed by atoms with Crippen molar-refractivity contribution in [3.05, 3.63) is 33.8 Å². The molecule has 0 bridgehead atoms. The molecule has 1 heterocycles. The van der Waals surface area contributed by atoms with E-state index in [0.29, 0.717) is 15.6 Å². The van der Waals surface area contributed by atoms with Crippen molar-refractivity contribution in [2.24, 2.45) is 0 Å². The molecule has 2 atom stereocenters. The first-order valence-electron chi connectivity index (χ1n) is 6.02. The number of hydrogen-bond donors (Lipinski definition) is 2. The summed E-state index contributed by atoms with van der Waals surface area (Å²) in [6.45, 7) is 0.0388. The Balaban J connectivity index is 2.11. The van der Waals surface area contributed by atoms with Gasteiger partial charge in [-0.05, 0) is 17.7 Å². The zero-order valence-corrected chi connectivity index (χ0v) is 11.9. The molecule has 20 heavy (non-hydrogen) atoms. The van der Waals surface area contributed by atoms with E-state index >= 15 is 0 Å². The zero-order chi connectivity index (χ0) is 14.9. The van der Waals surface area contributed by atoms with E-state index in [4.69, 9.17) is 28.3 Å². The van der Waals surface area contributed by atoms with E-state index in [1.54, 1.807) is 18.2 Å². The molecule has 1 aromatic carbocycles. The Morgan fingerprint density at radius 2 is 2.00 bits per heavy atom. The first-order chi connectivity index (χ1) is 9.38. The van der Waals surface area contributed by atoms with Gasteiger partial charge in [-0.3, -0.25) is 4.79 Å². The molecule has 1 fully saturated rings. The maximum absolute atomic E-state index is 12.1. The van der Waals surface area contributed by atoms with Crippen LogP contribution in [0.2, 0.25) is 10.0 Å². The third kappa shape index (κ3) is 3.23. The number of aliphatic hydroxyl groups is 1. The standard InChI is InChI=1S/C13H13Cl2NO4/c14-9-2-1-7(3-10(9)15)4-12(18)16-6-8(17)5-11(16)13(19)20/h1-3,8,11,17H,4-6H2,(H,19,20)/t8-,11+/m1/s1. The highest BCUT2D eigenvalue weighted by Gasteiger charge is 2.38. The van der Waals surface area contributed by atoms with Crippen LogP contribution in [-0.2, 0) is 16.0 Å². The van der Waals surface area contributed by atoms with Crippen LogP contribution in [0.5, 0.6) is 0 Å². The van der Waals surface area contributed by atoms with Gasteiger partial charge in [0.05, 0.1) is 22.6 Å². The van der Waals surface area contributed by atoms with Crippen LogP contribution >= 0.6 is 23.2 Å². The van der Waals surface area contributed by atoms with Gasteiger partial charge in [0.1, 0.15) is 6.04 Å². The molecular formula is C13H13Cl2NO4. The number of halogens is 2. The molecule has 2 N–H and O–H groups in total. The maximum atomic E-state index is 12.1. The van der Waals surface area contributed by atoms with E-state index in [1.165, 1.54) is 4.90 Å². The fraction of sp³-hybridized carbons (Fsp3) is 0.385. The molecule has 0 saturated carbocycles. The summed E-state index contributed by atoms with van der Waals surface area (Å²) < 4.78 is 0. The van der Waals surface area contributed by atoms with E-state index in [-0.39, 0.29) is 25.3 Å². The zero-order valence-electron chi connectivity index (χ0n) is 10.4. The lowest BCUT2D eigenvalue weighted by atomic mass is 10.1. The van der Waals surface area contributed by atoms with Gasteiger partial charge in [0.2, 0.25) is 5.91 Å². The maximum Gasteiger partial charge on any atom is 0.326 e. The first kappa shape index (κ1) is 15.1. The highest BCUT2D eigenvalue weighted by molar-refractivity contribution is 6.42. The third-order valence-electron chi connectivity index (χ3n) is 3.22. The number of benzene rings is 1. The van der Waals surface area contributed by atoms with Gasteiger partial charge in [-0.15, -0.1) is 0 Å². The summed E-state index contributed by atoms with van der Waals surface area (Å²) >= 11 is 11.7. The Labute approximate surface area is 125 Å². The summed E-state index contributed by atoms with van der Waals surface area (Å²) in [7, 11) is 0. The number of nitrogens with zero attached hydrogens (tertiary/aromatic N) is 1. The molecule has 0 aliphatic carbocycles. The summed E-state index contributed by atoms with van der Waals surface area (Å²) in [6.07, 6.45) is -0.718. The Bertz CT molecular complexity index is 549. The minimum atomic E-state index is -1.11. The van der Waals surface area contributed by atoms with Crippen LogP contribution in [0.4, 0.5) is 0 Å². The van der Waals surface area contributed by atoms with E-state index in [9.17, 15) is 14.7 Å². The second-order valence-electron chi connectivity index (χ2n) is 4.71. The molecular weight excluding hydrogens is 305 g/mol. The number of carbonyl (C=O) groups excluding carboxylic acids is 1. The molecule has 1 amide bonds. The smallest absolute Gasteiger partial charge is 0.326 e. The highest BCUT2D eigenvalue weighted by atomic mass is 35.5. The summed E-state index contributed by atoms with van der Waals surface area (Å²) in [5.74, 6) is -1.46. The quantitative estimate of drug-likeness (QED) is 0.887. The van der Waals surface area contributed by atoms with E-state index in [0.717, 1.165) is 0 Å². The topological polar surface area (TPSA) is 77.8 Å². The number of likely N-dealkylation sites (tertiary alicyclic amines) is 1.